The number of primary amides is 1. The van der Waals surface area contributed by atoms with Crippen molar-refractivity contribution >= 4 is 29.9 Å². The molecule has 3 N–H and O–H groups in total. The maximum absolute atomic E-state index is 13.1. The van der Waals surface area contributed by atoms with E-state index in [0.717, 1.165) is 17.7 Å². The van der Waals surface area contributed by atoms with E-state index in [-0.39, 0.29) is 23.8 Å². The minimum Gasteiger partial charge on any atom is -0.368 e. The van der Waals surface area contributed by atoms with E-state index in [9.17, 15) is 27.6 Å². The predicted octanol–water partition coefficient (Wildman–Crippen LogP) is 4.44. The summed E-state index contributed by atoms with van der Waals surface area (Å²) >= 11 is 0. The third-order valence-corrected chi connectivity index (χ3v) is 6.37. The molecular formula is C29H30ClF3N6O3. The maximum atomic E-state index is 13.1. The number of aromatic nitrogens is 3. The molecule has 222 valence electrons. The van der Waals surface area contributed by atoms with E-state index in [1.54, 1.807) is 12.1 Å². The average Bonchev–Trinajstić information content (AvgIpc) is 3.34. The van der Waals surface area contributed by atoms with Gasteiger partial charge in [-0.25, -0.2) is 0 Å². The summed E-state index contributed by atoms with van der Waals surface area (Å²) in [6.07, 6.45) is -4.25. The third kappa shape index (κ3) is 7.65. The Kier molecular flexibility index (Phi) is 10.3. The van der Waals surface area contributed by atoms with Gasteiger partial charge in [0.1, 0.15) is 12.6 Å². The fraction of sp³-hybridized carbons (Fsp3) is 0.241. The normalized spacial score (nSPS) is 12.0. The molecule has 2 aromatic carbocycles. The van der Waals surface area contributed by atoms with Gasteiger partial charge in [-0.1, -0.05) is 42.5 Å². The lowest BCUT2D eigenvalue weighted by Crippen LogP contribution is -2.32. The van der Waals surface area contributed by atoms with Crippen LogP contribution in [0.4, 0.5) is 18.9 Å². The highest BCUT2D eigenvalue weighted by Gasteiger charge is 2.30. The molecule has 0 bridgehead atoms. The molecule has 0 radical (unpaired) electrons. The van der Waals surface area contributed by atoms with Crippen molar-refractivity contribution in [1.82, 2.24) is 19.2 Å². The van der Waals surface area contributed by atoms with E-state index in [4.69, 9.17) is 5.73 Å². The molecule has 0 saturated heterocycles. The summed E-state index contributed by atoms with van der Waals surface area (Å²) in [6, 6.07) is 18.6. The first-order valence-corrected chi connectivity index (χ1v) is 12.7. The molecule has 0 spiro atoms. The van der Waals surface area contributed by atoms with Crippen LogP contribution < -0.4 is 16.6 Å². The minimum absolute atomic E-state index is 0. The van der Waals surface area contributed by atoms with E-state index in [2.05, 4.69) is 10.4 Å². The van der Waals surface area contributed by atoms with Crippen LogP contribution in [0.15, 0.2) is 83.7 Å². The van der Waals surface area contributed by atoms with Crippen LogP contribution >= 0.6 is 12.4 Å². The van der Waals surface area contributed by atoms with Crippen molar-refractivity contribution in [1.29, 1.82) is 0 Å². The lowest BCUT2D eigenvalue weighted by atomic mass is 10.1. The number of benzene rings is 2. The van der Waals surface area contributed by atoms with E-state index in [1.807, 2.05) is 49.3 Å². The quantitative estimate of drug-likeness (QED) is 0.279. The van der Waals surface area contributed by atoms with E-state index in [0.29, 0.717) is 24.4 Å². The summed E-state index contributed by atoms with van der Waals surface area (Å²) in [5.41, 5.74) is 6.22. The zero-order chi connectivity index (χ0) is 29.7. The molecule has 1 atom stereocenters. The number of alkyl halides is 3. The Hall–Kier alpha value is -4.42. The van der Waals surface area contributed by atoms with Gasteiger partial charge < -0.3 is 16.0 Å². The summed E-state index contributed by atoms with van der Waals surface area (Å²) < 4.78 is 42.0. The molecule has 0 aliphatic rings. The van der Waals surface area contributed by atoms with Crippen molar-refractivity contribution in [3.63, 3.8) is 0 Å². The van der Waals surface area contributed by atoms with Gasteiger partial charge in [-0.3, -0.25) is 23.6 Å². The average molecular weight is 603 g/mol. The van der Waals surface area contributed by atoms with Gasteiger partial charge in [-0.05, 0) is 50.8 Å². The zero-order valence-corrected chi connectivity index (χ0v) is 23.7. The second kappa shape index (κ2) is 13.5. The largest absolute Gasteiger partial charge is 0.416 e. The van der Waals surface area contributed by atoms with Gasteiger partial charge >= 0.3 is 6.18 Å². The van der Waals surface area contributed by atoms with Gasteiger partial charge in [0, 0.05) is 23.9 Å². The summed E-state index contributed by atoms with van der Waals surface area (Å²) in [5, 5.41) is 7.11. The Labute approximate surface area is 246 Å². The number of nitrogens with zero attached hydrogens (tertiary/aromatic N) is 4. The van der Waals surface area contributed by atoms with Crippen LogP contribution in [0.1, 0.15) is 18.0 Å². The minimum atomic E-state index is -4.58. The molecule has 0 aliphatic heterocycles. The highest BCUT2D eigenvalue weighted by molar-refractivity contribution is 5.91. The molecule has 4 aromatic rings. The number of hydrogen-bond donors (Lipinski definition) is 2. The monoisotopic (exact) mass is 602 g/mol. The maximum Gasteiger partial charge on any atom is 0.416 e. The molecule has 13 heteroatoms. The summed E-state index contributed by atoms with van der Waals surface area (Å²) in [7, 11) is 3.71. The Morgan fingerprint density at radius 2 is 1.67 bits per heavy atom. The molecule has 0 saturated carbocycles. The van der Waals surface area contributed by atoms with Crippen LogP contribution in [0, 0.1) is 0 Å². The first-order valence-electron chi connectivity index (χ1n) is 12.7. The number of carbonyl (C=O) groups is 2. The van der Waals surface area contributed by atoms with Crippen LogP contribution in [0.25, 0.3) is 22.6 Å². The summed E-state index contributed by atoms with van der Waals surface area (Å²) in [5.74, 6) is -1.34. The summed E-state index contributed by atoms with van der Waals surface area (Å²) in [6.45, 7) is 0.0185. The Balaban J connectivity index is 0.00000484. The fourth-order valence-electron chi connectivity index (χ4n) is 4.36. The van der Waals surface area contributed by atoms with Gasteiger partial charge in [0.2, 0.25) is 11.8 Å². The highest BCUT2D eigenvalue weighted by atomic mass is 35.5. The van der Waals surface area contributed by atoms with Crippen LogP contribution in [0.2, 0.25) is 0 Å². The summed E-state index contributed by atoms with van der Waals surface area (Å²) in [4.78, 5) is 40.5. The Morgan fingerprint density at radius 1 is 0.976 bits per heavy atom. The number of pyridine rings is 1. The van der Waals surface area contributed by atoms with Crippen molar-refractivity contribution < 1.29 is 22.8 Å². The van der Waals surface area contributed by atoms with Gasteiger partial charge in [0.25, 0.3) is 5.56 Å². The van der Waals surface area contributed by atoms with Gasteiger partial charge in [-0.2, -0.15) is 18.3 Å². The first-order chi connectivity index (χ1) is 19.4. The number of anilines is 1. The topological polar surface area (TPSA) is 115 Å². The highest BCUT2D eigenvalue weighted by Crippen LogP contribution is 2.31. The predicted molar refractivity (Wildman–Crippen MR) is 156 cm³/mol. The second-order valence-corrected chi connectivity index (χ2v) is 9.70. The number of carbonyl (C=O) groups excluding carboxylic acids is 2. The lowest BCUT2D eigenvalue weighted by molar-refractivity contribution is -0.137. The van der Waals surface area contributed by atoms with Crippen LogP contribution in [0.5, 0.6) is 0 Å². The van der Waals surface area contributed by atoms with Crippen LogP contribution in [-0.2, 0) is 22.3 Å². The molecule has 1 unspecified atom stereocenters. The van der Waals surface area contributed by atoms with E-state index >= 15 is 0 Å². The molecule has 2 aromatic heterocycles. The molecular weight excluding hydrogens is 573 g/mol. The lowest BCUT2D eigenvalue weighted by Gasteiger charge is -2.20. The van der Waals surface area contributed by atoms with Crippen molar-refractivity contribution in [3.05, 3.63) is 94.8 Å². The van der Waals surface area contributed by atoms with Crippen molar-refractivity contribution in [2.45, 2.75) is 25.2 Å². The number of nitrogens with two attached hydrogens (primary N) is 1. The van der Waals surface area contributed by atoms with E-state index in [1.165, 1.54) is 33.5 Å². The standard InChI is InChI=1S/C29H29F3N6O3.ClH/c1-36(2)15-14-24(28(33)41)38-25(17-22(35-38)19-8-4-3-5-9-19)23-12-7-13-27(40)37(23)18-26(39)34-21-11-6-10-20(16-21)29(30,31)32;/h3-13,16-17,24H,14-15,18H2,1-2H3,(H2,33,41)(H,34,39);1H. The Bertz CT molecular complexity index is 1600. The van der Waals surface area contributed by atoms with Crippen molar-refractivity contribution in [3.8, 4) is 22.6 Å². The molecule has 0 fully saturated rings. The number of hydrogen-bond acceptors (Lipinski definition) is 5. The molecule has 2 heterocycles. The van der Waals surface area contributed by atoms with Crippen molar-refractivity contribution in [2.75, 3.05) is 26.0 Å². The second-order valence-electron chi connectivity index (χ2n) is 9.70. The number of halogens is 4. The molecule has 9 nitrogen and oxygen atoms in total. The van der Waals surface area contributed by atoms with Gasteiger partial charge in [0.05, 0.1) is 22.6 Å². The third-order valence-electron chi connectivity index (χ3n) is 6.37. The molecule has 0 aliphatic carbocycles. The molecule has 42 heavy (non-hydrogen) atoms. The van der Waals surface area contributed by atoms with E-state index < -0.39 is 41.7 Å². The fourth-order valence-corrected chi connectivity index (χ4v) is 4.36. The first kappa shape index (κ1) is 32.1. The molecule has 4 rings (SSSR count). The number of rotatable bonds is 10. The smallest absolute Gasteiger partial charge is 0.368 e. The number of amides is 2. The Morgan fingerprint density at radius 3 is 2.31 bits per heavy atom. The van der Waals surface area contributed by atoms with Crippen LogP contribution in [-0.4, -0.2) is 51.7 Å². The van der Waals surface area contributed by atoms with Crippen LogP contribution in [0.3, 0.4) is 0 Å². The van der Waals surface area contributed by atoms with Gasteiger partial charge in [0.15, 0.2) is 0 Å². The molecule has 2 amide bonds. The van der Waals surface area contributed by atoms with Gasteiger partial charge in [-0.15, -0.1) is 12.4 Å². The zero-order valence-electron chi connectivity index (χ0n) is 22.8. The van der Waals surface area contributed by atoms with Crippen molar-refractivity contribution in [2.24, 2.45) is 5.73 Å². The number of nitrogens with one attached hydrogen (secondary N) is 1. The SMILES string of the molecule is CN(C)CCC(C(N)=O)n1nc(-c2ccccc2)cc1-c1cccc(=O)n1CC(=O)Nc1cccc(C(F)(F)F)c1.Cl.